The number of nitrogens with one attached hydrogen (secondary N) is 2. The highest BCUT2D eigenvalue weighted by Crippen LogP contribution is 2.18. The molecule has 0 atom stereocenters. The number of anilines is 1. The van der Waals surface area contributed by atoms with Gasteiger partial charge in [-0.25, -0.2) is 13.8 Å². The van der Waals surface area contributed by atoms with E-state index in [1.165, 1.54) is 0 Å². The van der Waals surface area contributed by atoms with Gasteiger partial charge in [0.05, 0.1) is 5.56 Å². The van der Waals surface area contributed by atoms with Gasteiger partial charge in [-0.2, -0.15) is 0 Å². The van der Waals surface area contributed by atoms with Crippen molar-refractivity contribution in [2.75, 3.05) is 24.5 Å². The first-order chi connectivity index (χ1) is 13.5. The number of hydrogen-bond acceptors (Lipinski definition) is 4. The number of amides is 2. The zero-order valence-electron chi connectivity index (χ0n) is 15.4. The topological polar surface area (TPSA) is 74.3 Å². The van der Waals surface area contributed by atoms with E-state index in [4.69, 9.17) is 0 Å². The van der Waals surface area contributed by atoms with Gasteiger partial charge in [0.2, 0.25) is 5.91 Å². The van der Waals surface area contributed by atoms with Gasteiger partial charge in [-0.3, -0.25) is 9.59 Å². The predicted octanol–water partition coefficient (Wildman–Crippen LogP) is 2.40. The van der Waals surface area contributed by atoms with Gasteiger partial charge < -0.3 is 15.5 Å². The van der Waals surface area contributed by atoms with Crippen LogP contribution in [0.5, 0.6) is 0 Å². The molecule has 1 aromatic carbocycles. The standard InChI is InChI=1S/C20H22F2N4O2/c21-15-3-4-16(17(22)12-15)20(28)24-8-6-19(27)25-13-14-5-7-23-18(11-14)26-9-1-2-10-26/h3-5,7,11-12H,1-2,6,8-10,13H2,(H,24,28)(H,25,27). The highest BCUT2D eigenvalue weighted by molar-refractivity contribution is 5.94. The molecule has 6 nitrogen and oxygen atoms in total. The first-order valence-electron chi connectivity index (χ1n) is 9.23. The first-order valence-corrected chi connectivity index (χ1v) is 9.23. The molecule has 3 rings (SSSR count). The minimum Gasteiger partial charge on any atom is -0.357 e. The van der Waals surface area contributed by atoms with Crippen molar-refractivity contribution in [2.24, 2.45) is 0 Å². The van der Waals surface area contributed by atoms with Crippen LogP contribution in [0.15, 0.2) is 36.5 Å². The lowest BCUT2D eigenvalue weighted by atomic mass is 10.2. The second-order valence-electron chi connectivity index (χ2n) is 6.62. The summed E-state index contributed by atoms with van der Waals surface area (Å²) in [5.41, 5.74) is 0.690. The van der Waals surface area contributed by atoms with Crippen LogP contribution in [0.25, 0.3) is 0 Å². The Hall–Kier alpha value is -3.03. The minimum absolute atomic E-state index is 0.0524. The van der Waals surface area contributed by atoms with Gasteiger partial charge in [-0.05, 0) is 42.7 Å². The van der Waals surface area contributed by atoms with Crippen LogP contribution in [-0.2, 0) is 11.3 Å². The summed E-state index contributed by atoms with van der Waals surface area (Å²) in [7, 11) is 0. The summed E-state index contributed by atoms with van der Waals surface area (Å²) in [5, 5.41) is 5.24. The van der Waals surface area contributed by atoms with E-state index >= 15 is 0 Å². The summed E-state index contributed by atoms with van der Waals surface area (Å²) >= 11 is 0. The van der Waals surface area contributed by atoms with Crippen molar-refractivity contribution in [3.8, 4) is 0 Å². The molecular weight excluding hydrogens is 366 g/mol. The fourth-order valence-electron chi connectivity index (χ4n) is 3.04. The van der Waals surface area contributed by atoms with Crippen LogP contribution in [0.4, 0.5) is 14.6 Å². The molecule has 1 saturated heterocycles. The fourth-order valence-corrected chi connectivity index (χ4v) is 3.04. The van der Waals surface area contributed by atoms with Gasteiger partial charge in [0.15, 0.2) is 0 Å². The summed E-state index contributed by atoms with van der Waals surface area (Å²) in [6.45, 7) is 2.41. The Morgan fingerprint density at radius 3 is 2.61 bits per heavy atom. The monoisotopic (exact) mass is 388 g/mol. The molecule has 8 heteroatoms. The maximum Gasteiger partial charge on any atom is 0.254 e. The molecule has 1 aromatic heterocycles. The molecule has 0 spiro atoms. The summed E-state index contributed by atoms with van der Waals surface area (Å²) in [4.78, 5) is 30.4. The molecular formula is C20H22F2N4O2. The van der Waals surface area contributed by atoms with Crippen LogP contribution < -0.4 is 15.5 Å². The van der Waals surface area contributed by atoms with E-state index < -0.39 is 17.5 Å². The molecule has 2 amide bonds. The van der Waals surface area contributed by atoms with E-state index in [0.717, 1.165) is 49.4 Å². The van der Waals surface area contributed by atoms with E-state index in [0.29, 0.717) is 12.6 Å². The van der Waals surface area contributed by atoms with Crippen LogP contribution in [0.2, 0.25) is 0 Å². The van der Waals surface area contributed by atoms with Crippen LogP contribution in [0.1, 0.15) is 35.2 Å². The van der Waals surface area contributed by atoms with Crippen LogP contribution in [0, 0.1) is 11.6 Å². The largest absolute Gasteiger partial charge is 0.357 e. The molecule has 148 valence electrons. The minimum atomic E-state index is -0.937. The quantitative estimate of drug-likeness (QED) is 0.764. The molecule has 2 aromatic rings. The van der Waals surface area contributed by atoms with Gasteiger partial charge in [0, 0.05) is 44.9 Å². The Bertz CT molecular complexity index is 854. The summed E-state index contributed by atoms with van der Waals surface area (Å²) in [5.74, 6) is -1.70. The third-order valence-electron chi connectivity index (χ3n) is 4.54. The average Bonchev–Trinajstić information content (AvgIpc) is 3.21. The summed E-state index contributed by atoms with van der Waals surface area (Å²) < 4.78 is 26.4. The van der Waals surface area contributed by atoms with Crippen molar-refractivity contribution in [1.82, 2.24) is 15.6 Å². The van der Waals surface area contributed by atoms with Gasteiger partial charge in [-0.1, -0.05) is 0 Å². The van der Waals surface area contributed by atoms with Crippen molar-refractivity contribution in [2.45, 2.75) is 25.8 Å². The summed E-state index contributed by atoms with van der Waals surface area (Å²) in [6.07, 6.45) is 4.11. The van der Waals surface area contributed by atoms with E-state index in [2.05, 4.69) is 20.5 Å². The number of rotatable bonds is 7. The number of hydrogen-bond donors (Lipinski definition) is 2. The van der Waals surface area contributed by atoms with Crippen molar-refractivity contribution in [1.29, 1.82) is 0 Å². The molecule has 2 N–H and O–H groups in total. The Morgan fingerprint density at radius 1 is 1.07 bits per heavy atom. The number of carbonyl (C=O) groups excluding carboxylic acids is 2. The maximum atomic E-state index is 13.6. The van der Waals surface area contributed by atoms with Crippen molar-refractivity contribution in [3.05, 3.63) is 59.3 Å². The molecule has 2 heterocycles. The number of benzene rings is 1. The van der Waals surface area contributed by atoms with Gasteiger partial charge in [-0.15, -0.1) is 0 Å². The fraction of sp³-hybridized carbons (Fsp3) is 0.350. The maximum absolute atomic E-state index is 13.6. The number of aromatic nitrogens is 1. The third-order valence-corrected chi connectivity index (χ3v) is 4.54. The van der Waals surface area contributed by atoms with Crippen LogP contribution >= 0.6 is 0 Å². The van der Waals surface area contributed by atoms with E-state index in [1.807, 2.05) is 12.1 Å². The van der Waals surface area contributed by atoms with Crippen molar-refractivity contribution in [3.63, 3.8) is 0 Å². The van der Waals surface area contributed by atoms with Gasteiger partial charge >= 0.3 is 0 Å². The lowest BCUT2D eigenvalue weighted by Gasteiger charge is -2.17. The Labute approximate surface area is 162 Å². The second kappa shape index (κ2) is 9.25. The second-order valence-corrected chi connectivity index (χ2v) is 6.62. The Balaban J connectivity index is 1.42. The van der Waals surface area contributed by atoms with Crippen molar-refractivity contribution < 1.29 is 18.4 Å². The lowest BCUT2D eigenvalue weighted by Crippen LogP contribution is -2.31. The molecule has 0 saturated carbocycles. The summed E-state index contributed by atoms with van der Waals surface area (Å²) in [6, 6.07) is 6.54. The Morgan fingerprint density at radius 2 is 1.86 bits per heavy atom. The smallest absolute Gasteiger partial charge is 0.254 e. The molecule has 0 radical (unpaired) electrons. The molecule has 0 bridgehead atoms. The van der Waals surface area contributed by atoms with E-state index in [9.17, 15) is 18.4 Å². The number of halogens is 2. The number of carbonyl (C=O) groups is 2. The van der Waals surface area contributed by atoms with Crippen LogP contribution in [-0.4, -0.2) is 36.4 Å². The Kier molecular flexibility index (Phi) is 6.52. The normalized spacial score (nSPS) is 13.4. The van der Waals surface area contributed by atoms with Gasteiger partial charge in [0.25, 0.3) is 5.91 Å². The number of pyridine rings is 1. The van der Waals surface area contributed by atoms with E-state index in [-0.39, 0.29) is 24.4 Å². The first kappa shape index (κ1) is 19.7. The molecule has 1 aliphatic heterocycles. The molecule has 28 heavy (non-hydrogen) atoms. The molecule has 0 unspecified atom stereocenters. The van der Waals surface area contributed by atoms with Crippen LogP contribution in [0.3, 0.4) is 0 Å². The van der Waals surface area contributed by atoms with Crippen molar-refractivity contribution >= 4 is 17.6 Å². The molecule has 1 fully saturated rings. The molecule has 0 aliphatic carbocycles. The number of nitrogens with zero attached hydrogens (tertiary/aromatic N) is 2. The molecule has 1 aliphatic rings. The zero-order valence-corrected chi connectivity index (χ0v) is 15.4. The van der Waals surface area contributed by atoms with E-state index in [1.54, 1.807) is 6.20 Å². The van der Waals surface area contributed by atoms with Gasteiger partial charge in [0.1, 0.15) is 17.5 Å². The SMILES string of the molecule is O=C(CCNC(=O)c1ccc(F)cc1F)NCc1ccnc(N2CCCC2)c1. The third kappa shape index (κ3) is 5.25. The zero-order chi connectivity index (χ0) is 19.9. The highest BCUT2D eigenvalue weighted by atomic mass is 19.1. The highest BCUT2D eigenvalue weighted by Gasteiger charge is 2.14. The average molecular weight is 388 g/mol. The lowest BCUT2D eigenvalue weighted by molar-refractivity contribution is -0.121. The predicted molar refractivity (Wildman–Crippen MR) is 101 cm³/mol.